The van der Waals surface area contributed by atoms with Gasteiger partial charge in [-0.3, -0.25) is 4.90 Å². The van der Waals surface area contributed by atoms with E-state index in [1.807, 2.05) is 30.3 Å². The van der Waals surface area contributed by atoms with Crippen LogP contribution in [0.15, 0.2) is 30.3 Å². The van der Waals surface area contributed by atoms with Crippen molar-refractivity contribution in [2.75, 3.05) is 6.54 Å². The van der Waals surface area contributed by atoms with E-state index in [-0.39, 0.29) is 19.1 Å². The van der Waals surface area contributed by atoms with Crippen LogP contribution in [0.25, 0.3) is 0 Å². The molecule has 4 rings (SSSR count). The molecule has 0 saturated heterocycles. The van der Waals surface area contributed by atoms with Crippen LogP contribution >= 0.6 is 0 Å². The Balaban J connectivity index is 1.48. The average molecular weight is 393 g/mol. The van der Waals surface area contributed by atoms with Crippen LogP contribution in [0.3, 0.4) is 0 Å². The van der Waals surface area contributed by atoms with Crippen molar-refractivity contribution in [2.45, 2.75) is 44.2 Å². The van der Waals surface area contributed by atoms with Gasteiger partial charge in [-0.2, -0.15) is 8.42 Å². The van der Waals surface area contributed by atoms with Gasteiger partial charge in [0, 0.05) is 19.0 Å². The lowest BCUT2D eigenvalue weighted by atomic mass is 10.2. The second-order valence-corrected chi connectivity index (χ2v) is 8.30. The van der Waals surface area contributed by atoms with Gasteiger partial charge in [0.05, 0.1) is 17.9 Å². The molecule has 0 N–H and O–H groups in total. The number of carbonyl (C=O) groups excluding carboxylic acids is 1. The lowest BCUT2D eigenvalue weighted by Crippen LogP contribution is -2.39. The van der Waals surface area contributed by atoms with Gasteiger partial charge >= 0.3 is 16.3 Å². The van der Waals surface area contributed by atoms with Crippen molar-refractivity contribution >= 4 is 16.3 Å². The summed E-state index contributed by atoms with van der Waals surface area (Å²) in [6, 6.07) is 9.40. The number of ether oxygens (including phenoxy) is 1. The number of carbonyl (C=O) groups is 1. The van der Waals surface area contributed by atoms with Crippen LogP contribution in [0, 0.1) is 0 Å². The van der Waals surface area contributed by atoms with Crippen molar-refractivity contribution in [3.63, 3.8) is 0 Å². The Morgan fingerprint density at radius 3 is 2.63 bits per heavy atom. The van der Waals surface area contributed by atoms with Gasteiger partial charge in [0.15, 0.2) is 0 Å². The van der Waals surface area contributed by atoms with E-state index in [1.54, 1.807) is 4.57 Å². The lowest BCUT2D eigenvalue weighted by Gasteiger charge is -2.27. The van der Waals surface area contributed by atoms with E-state index in [0.29, 0.717) is 30.3 Å². The summed E-state index contributed by atoms with van der Waals surface area (Å²) in [6.07, 6.45) is 1.41. The van der Waals surface area contributed by atoms with Gasteiger partial charge in [0.1, 0.15) is 18.2 Å². The predicted octanol–water partition coefficient (Wildman–Crippen LogP) is 2.71. The topological polar surface area (TPSA) is 81.5 Å². The summed E-state index contributed by atoms with van der Waals surface area (Å²) >= 11 is 0. The number of imidazole rings is 1. The fraction of sp³-hybridized carbons (Fsp3) is 0.444. The minimum atomic E-state index is -4.64. The highest BCUT2D eigenvalue weighted by molar-refractivity contribution is 7.85. The molecular weight excluding hydrogens is 373 g/mol. The van der Waals surface area contributed by atoms with Crippen LogP contribution in [0.1, 0.15) is 41.5 Å². The highest BCUT2D eigenvalue weighted by Crippen LogP contribution is 2.42. The van der Waals surface area contributed by atoms with Crippen molar-refractivity contribution in [3.8, 4) is 0 Å². The van der Waals surface area contributed by atoms with Crippen LogP contribution in [-0.4, -0.2) is 35.5 Å². The van der Waals surface area contributed by atoms with E-state index in [1.165, 1.54) is 4.90 Å². The first-order valence-electron chi connectivity index (χ1n) is 8.87. The number of hydrogen-bond donors (Lipinski definition) is 0. The average Bonchev–Trinajstić information content (AvgIpc) is 3.42. The van der Waals surface area contributed by atoms with Gasteiger partial charge in [-0.25, -0.2) is 9.78 Å². The molecule has 144 valence electrons. The largest absolute Gasteiger partial charge is 0.445 e. The number of benzene rings is 1. The highest BCUT2D eigenvalue weighted by Gasteiger charge is 2.35. The molecule has 1 fully saturated rings. The highest BCUT2D eigenvalue weighted by atomic mass is 32.3. The molecule has 2 aromatic rings. The maximum Gasteiger partial charge on any atom is 0.410 e. The third-order valence-corrected chi connectivity index (χ3v) is 5.46. The minimum absolute atomic E-state index is 0.184. The minimum Gasteiger partial charge on any atom is -0.445 e. The standard InChI is InChI=1S/C18H20FN3O4S/c19-27(24,25)12-15-17(14-6-7-14)20-16-10-21(8-9-22(15)16)18(23)26-11-13-4-2-1-3-5-13/h1-5,14H,6-12H2. The zero-order chi connectivity index (χ0) is 19.0. The monoisotopic (exact) mass is 393 g/mol. The molecule has 1 amide bonds. The maximum absolute atomic E-state index is 13.3. The summed E-state index contributed by atoms with van der Waals surface area (Å²) in [4.78, 5) is 18.4. The smallest absolute Gasteiger partial charge is 0.410 e. The lowest BCUT2D eigenvalue weighted by molar-refractivity contribution is 0.0860. The molecule has 2 heterocycles. The van der Waals surface area contributed by atoms with Crippen molar-refractivity contribution in [1.82, 2.24) is 14.5 Å². The van der Waals surface area contributed by atoms with E-state index in [2.05, 4.69) is 4.98 Å². The second kappa shape index (κ2) is 6.95. The molecule has 0 bridgehead atoms. The number of aromatic nitrogens is 2. The second-order valence-electron chi connectivity index (χ2n) is 6.93. The summed E-state index contributed by atoms with van der Waals surface area (Å²) in [5.41, 5.74) is 1.98. The number of rotatable bonds is 5. The van der Waals surface area contributed by atoms with Gasteiger partial charge in [0.25, 0.3) is 0 Å². The molecule has 27 heavy (non-hydrogen) atoms. The molecule has 1 aliphatic heterocycles. The van der Waals surface area contributed by atoms with Gasteiger partial charge < -0.3 is 9.30 Å². The number of halogens is 1. The van der Waals surface area contributed by atoms with E-state index >= 15 is 0 Å². The van der Waals surface area contributed by atoms with Crippen LogP contribution in [0.5, 0.6) is 0 Å². The Bertz CT molecular complexity index is 954. The molecule has 0 spiro atoms. The Morgan fingerprint density at radius 1 is 1.22 bits per heavy atom. The summed E-state index contributed by atoms with van der Waals surface area (Å²) in [5, 5.41) is 0. The van der Waals surface area contributed by atoms with Gasteiger partial charge in [-0.05, 0) is 18.4 Å². The predicted molar refractivity (Wildman–Crippen MR) is 95.0 cm³/mol. The summed E-state index contributed by atoms with van der Waals surface area (Å²) in [7, 11) is -4.64. The van der Waals surface area contributed by atoms with E-state index < -0.39 is 22.1 Å². The van der Waals surface area contributed by atoms with Crippen LogP contribution in [0.4, 0.5) is 8.68 Å². The number of hydrogen-bond acceptors (Lipinski definition) is 5. The van der Waals surface area contributed by atoms with Crippen molar-refractivity contribution in [2.24, 2.45) is 0 Å². The summed E-state index contributed by atoms with van der Waals surface area (Å²) in [5.74, 6) is 0.112. The Morgan fingerprint density at radius 2 is 1.96 bits per heavy atom. The normalized spacial score (nSPS) is 16.9. The molecule has 1 aliphatic carbocycles. The number of nitrogens with zero attached hydrogens (tertiary/aromatic N) is 3. The number of fused-ring (bicyclic) bond motifs is 1. The van der Waals surface area contributed by atoms with Crippen molar-refractivity contribution < 1.29 is 21.8 Å². The first kappa shape index (κ1) is 18.0. The third-order valence-electron chi connectivity index (χ3n) is 4.84. The molecule has 0 radical (unpaired) electrons. The van der Waals surface area contributed by atoms with Crippen molar-refractivity contribution in [3.05, 3.63) is 53.1 Å². The van der Waals surface area contributed by atoms with E-state index in [9.17, 15) is 17.1 Å². The first-order valence-corrected chi connectivity index (χ1v) is 10.4. The molecule has 1 aromatic carbocycles. The summed E-state index contributed by atoms with van der Waals surface area (Å²) < 4.78 is 42.8. The molecule has 0 unspecified atom stereocenters. The molecule has 1 aromatic heterocycles. The molecule has 1 saturated carbocycles. The fourth-order valence-corrected chi connectivity index (χ4v) is 4.01. The molecular formula is C18H20FN3O4S. The third kappa shape index (κ3) is 4.13. The molecule has 9 heteroatoms. The van der Waals surface area contributed by atoms with E-state index in [0.717, 1.165) is 18.4 Å². The molecule has 0 atom stereocenters. The van der Waals surface area contributed by atoms with Gasteiger partial charge in [-0.1, -0.05) is 30.3 Å². The maximum atomic E-state index is 13.3. The van der Waals surface area contributed by atoms with Crippen molar-refractivity contribution in [1.29, 1.82) is 0 Å². The molecule has 2 aliphatic rings. The Kier molecular flexibility index (Phi) is 4.63. The van der Waals surface area contributed by atoms with Crippen LogP contribution in [0.2, 0.25) is 0 Å². The Hall–Kier alpha value is -2.42. The Labute approximate surface area is 157 Å². The summed E-state index contributed by atoms with van der Waals surface area (Å²) in [6.45, 7) is 1.14. The zero-order valence-corrected chi connectivity index (χ0v) is 15.5. The number of amides is 1. The SMILES string of the molecule is O=C(OCc1ccccc1)N1CCn2c(nc(C3CC3)c2CS(=O)(=O)F)C1. The fourth-order valence-electron chi connectivity index (χ4n) is 3.38. The molecule has 7 nitrogen and oxygen atoms in total. The first-order chi connectivity index (χ1) is 12.9. The zero-order valence-electron chi connectivity index (χ0n) is 14.7. The quantitative estimate of drug-likeness (QED) is 0.730. The van der Waals surface area contributed by atoms with Crippen LogP contribution in [-0.2, 0) is 40.4 Å². The van der Waals surface area contributed by atoms with Gasteiger partial charge in [0.2, 0.25) is 0 Å². The van der Waals surface area contributed by atoms with E-state index in [4.69, 9.17) is 4.74 Å². The van der Waals surface area contributed by atoms with Crippen LogP contribution < -0.4 is 0 Å². The van der Waals surface area contributed by atoms with Gasteiger partial charge in [-0.15, -0.1) is 3.89 Å².